The Morgan fingerprint density at radius 3 is 2.33 bits per heavy atom. The molecule has 7 heteroatoms. The lowest BCUT2D eigenvalue weighted by Crippen LogP contribution is -2.47. The number of nitrogens with one attached hydrogen (secondary N) is 1. The fourth-order valence-electron chi connectivity index (χ4n) is 4.94. The van der Waals surface area contributed by atoms with Gasteiger partial charge in [-0.1, -0.05) is 55.5 Å². The molecule has 1 saturated heterocycles. The lowest BCUT2D eigenvalue weighted by atomic mass is 9.98. The summed E-state index contributed by atoms with van der Waals surface area (Å²) in [5.74, 6) is -0.795. The van der Waals surface area contributed by atoms with Gasteiger partial charge in [-0.25, -0.2) is 4.79 Å². The zero-order chi connectivity index (χ0) is 23.4. The van der Waals surface area contributed by atoms with Gasteiger partial charge >= 0.3 is 12.1 Å². The molecule has 1 fully saturated rings. The smallest absolute Gasteiger partial charge is 0.407 e. The number of likely N-dealkylation sites (tertiary alicyclic amines) is 1. The number of aliphatic carboxylic acids is 1. The highest BCUT2D eigenvalue weighted by Crippen LogP contribution is 2.44. The Morgan fingerprint density at radius 2 is 1.73 bits per heavy atom. The minimum Gasteiger partial charge on any atom is -0.481 e. The van der Waals surface area contributed by atoms with Crippen LogP contribution < -0.4 is 5.32 Å². The van der Waals surface area contributed by atoms with Gasteiger partial charge in [0.1, 0.15) is 12.6 Å². The number of amides is 2. The Hall–Kier alpha value is -3.35. The fourth-order valence-corrected chi connectivity index (χ4v) is 4.94. The molecule has 1 aliphatic heterocycles. The van der Waals surface area contributed by atoms with Crippen molar-refractivity contribution in [1.82, 2.24) is 10.2 Å². The van der Waals surface area contributed by atoms with Crippen molar-refractivity contribution in [1.29, 1.82) is 0 Å². The number of benzene rings is 2. The van der Waals surface area contributed by atoms with Crippen LogP contribution in [0.4, 0.5) is 4.79 Å². The van der Waals surface area contributed by atoms with Gasteiger partial charge in [0.2, 0.25) is 5.91 Å². The summed E-state index contributed by atoms with van der Waals surface area (Å²) in [6, 6.07) is 15.6. The van der Waals surface area contributed by atoms with E-state index in [1.165, 1.54) is 0 Å². The first-order valence-corrected chi connectivity index (χ1v) is 11.6. The summed E-state index contributed by atoms with van der Waals surface area (Å²) in [6.45, 7) is 3.18. The maximum Gasteiger partial charge on any atom is 0.407 e. The summed E-state index contributed by atoms with van der Waals surface area (Å²) in [5, 5.41) is 11.6. The van der Waals surface area contributed by atoms with Crippen LogP contribution in [0.15, 0.2) is 48.5 Å². The summed E-state index contributed by atoms with van der Waals surface area (Å²) < 4.78 is 5.58. The van der Waals surface area contributed by atoms with Crippen LogP contribution in [0.25, 0.3) is 11.1 Å². The number of rotatable bonds is 8. The van der Waals surface area contributed by atoms with Gasteiger partial charge in [-0.05, 0) is 47.4 Å². The fraction of sp³-hybridized carbons (Fsp3) is 0.423. The predicted molar refractivity (Wildman–Crippen MR) is 124 cm³/mol. The van der Waals surface area contributed by atoms with E-state index in [4.69, 9.17) is 9.84 Å². The molecular formula is C26H30N2O5. The van der Waals surface area contributed by atoms with Crippen LogP contribution in [0.2, 0.25) is 0 Å². The lowest BCUT2D eigenvalue weighted by molar-refractivity contribution is -0.137. The van der Waals surface area contributed by atoms with Gasteiger partial charge in [0, 0.05) is 25.4 Å². The second-order valence-corrected chi connectivity index (χ2v) is 8.80. The number of carbonyl (C=O) groups excluding carboxylic acids is 2. The number of ether oxygens (including phenoxy) is 1. The molecule has 1 aliphatic carbocycles. The standard InChI is InChI=1S/C26H30N2O5/c1-2-23(25(31)28-14-13-17(15-28)11-12-24(29)30)27-26(32)33-16-22-20-9-5-3-7-18(20)19-8-4-6-10-21(19)22/h3-10,17,22-23H,2,11-16H2,1H3,(H,27,32)(H,29,30). The lowest BCUT2D eigenvalue weighted by Gasteiger charge is -2.24. The van der Waals surface area contributed by atoms with Crippen molar-refractivity contribution in [3.05, 3.63) is 59.7 Å². The third-order valence-corrected chi connectivity index (χ3v) is 6.71. The van der Waals surface area contributed by atoms with Crippen molar-refractivity contribution in [2.45, 2.75) is 44.6 Å². The zero-order valence-corrected chi connectivity index (χ0v) is 18.8. The van der Waals surface area contributed by atoms with E-state index >= 15 is 0 Å². The normalized spacial score (nSPS) is 17.8. The van der Waals surface area contributed by atoms with Gasteiger partial charge < -0.3 is 20.1 Å². The van der Waals surface area contributed by atoms with Gasteiger partial charge in [-0.3, -0.25) is 9.59 Å². The van der Waals surface area contributed by atoms with E-state index < -0.39 is 18.1 Å². The first-order valence-electron chi connectivity index (χ1n) is 11.6. The van der Waals surface area contributed by atoms with Crippen LogP contribution in [0.1, 0.15) is 49.7 Å². The highest BCUT2D eigenvalue weighted by Gasteiger charge is 2.32. The third kappa shape index (κ3) is 5.02. The number of hydrogen-bond acceptors (Lipinski definition) is 4. The Bertz CT molecular complexity index is 991. The minimum absolute atomic E-state index is 0.0347. The van der Waals surface area contributed by atoms with Crippen molar-refractivity contribution in [3.63, 3.8) is 0 Å². The quantitative estimate of drug-likeness (QED) is 0.633. The molecule has 0 bridgehead atoms. The maximum absolute atomic E-state index is 12.9. The van der Waals surface area contributed by atoms with E-state index in [9.17, 15) is 14.4 Å². The Labute approximate surface area is 193 Å². The first kappa shape index (κ1) is 22.8. The summed E-state index contributed by atoms with van der Waals surface area (Å²) in [6.07, 6.45) is 1.33. The largest absolute Gasteiger partial charge is 0.481 e. The van der Waals surface area contributed by atoms with E-state index in [1.54, 1.807) is 4.90 Å². The minimum atomic E-state index is -0.817. The first-order chi connectivity index (χ1) is 16.0. The monoisotopic (exact) mass is 450 g/mol. The summed E-state index contributed by atoms with van der Waals surface area (Å²) in [4.78, 5) is 38.0. The molecule has 0 spiro atoms. The van der Waals surface area contributed by atoms with Crippen LogP contribution in [0, 0.1) is 5.92 Å². The van der Waals surface area contributed by atoms with Crippen LogP contribution in [-0.4, -0.2) is 53.7 Å². The van der Waals surface area contributed by atoms with Gasteiger partial charge in [-0.15, -0.1) is 0 Å². The number of carbonyl (C=O) groups is 3. The number of nitrogens with zero attached hydrogens (tertiary/aromatic N) is 1. The van der Waals surface area contributed by atoms with Crippen molar-refractivity contribution < 1.29 is 24.2 Å². The average Bonchev–Trinajstić information content (AvgIpc) is 3.42. The summed E-state index contributed by atoms with van der Waals surface area (Å²) in [5.41, 5.74) is 4.60. The molecule has 0 radical (unpaired) electrons. The second-order valence-electron chi connectivity index (χ2n) is 8.80. The predicted octanol–water partition coefficient (Wildman–Crippen LogP) is 4.02. The molecule has 1 heterocycles. The molecule has 2 atom stereocenters. The Balaban J connectivity index is 1.33. The number of hydrogen-bond donors (Lipinski definition) is 2. The van der Waals surface area contributed by atoms with Crippen molar-refractivity contribution in [3.8, 4) is 11.1 Å². The van der Waals surface area contributed by atoms with Crippen LogP contribution in [0.5, 0.6) is 0 Å². The van der Waals surface area contributed by atoms with Gasteiger partial charge in [0.15, 0.2) is 0 Å². The van der Waals surface area contributed by atoms with E-state index in [2.05, 4.69) is 29.6 Å². The number of carboxylic acids is 1. The van der Waals surface area contributed by atoms with Crippen molar-refractivity contribution >= 4 is 18.0 Å². The number of alkyl carbamates (subject to hydrolysis) is 1. The average molecular weight is 451 g/mol. The number of fused-ring (bicyclic) bond motifs is 3. The molecular weight excluding hydrogens is 420 g/mol. The van der Waals surface area contributed by atoms with E-state index in [0.717, 1.165) is 28.7 Å². The summed E-state index contributed by atoms with van der Waals surface area (Å²) in [7, 11) is 0. The SMILES string of the molecule is CCC(NC(=O)OCC1c2ccccc2-c2ccccc21)C(=O)N1CCC(CCC(=O)O)C1. The molecule has 2 aromatic carbocycles. The molecule has 4 rings (SSSR count). The van der Waals surface area contributed by atoms with E-state index in [0.29, 0.717) is 25.9 Å². The molecule has 7 nitrogen and oxygen atoms in total. The topological polar surface area (TPSA) is 95.9 Å². The maximum atomic E-state index is 12.9. The molecule has 174 valence electrons. The zero-order valence-electron chi connectivity index (χ0n) is 18.8. The van der Waals surface area contributed by atoms with Gasteiger partial charge in [-0.2, -0.15) is 0 Å². The Morgan fingerprint density at radius 1 is 1.09 bits per heavy atom. The van der Waals surface area contributed by atoms with Gasteiger partial charge in [0.25, 0.3) is 0 Å². The highest BCUT2D eigenvalue weighted by molar-refractivity contribution is 5.86. The van der Waals surface area contributed by atoms with Crippen LogP contribution >= 0.6 is 0 Å². The van der Waals surface area contributed by atoms with E-state index in [1.807, 2.05) is 31.2 Å². The molecule has 33 heavy (non-hydrogen) atoms. The van der Waals surface area contributed by atoms with Crippen LogP contribution in [-0.2, 0) is 14.3 Å². The van der Waals surface area contributed by atoms with Gasteiger partial charge in [0.05, 0.1) is 0 Å². The molecule has 0 aromatic heterocycles. The van der Waals surface area contributed by atoms with E-state index in [-0.39, 0.29) is 30.8 Å². The van der Waals surface area contributed by atoms with Crippen LogP contribution in [0.3, 0.4) is 0 Å². The van der Waals surface area contributed by atoms with Crippen molar-refractivity contribution in [2.24, 2.45) is 5.92 Å². The third-order valence-electron chi connectivity index (χ3n) is 6.71. The molecule has 2 amide bonds. The molecule has 2 N–H and O–H groups in total. The molecule has 2 unspecified atom stereocenters. The number of carboxylic acid groups (broad SMARTS) is 1. The highest BCUT2D eigenvalue weighted by atomic mass is 16.5. The molecule has 2 aromatic rings. The molecule has 2 aliphatic rings. The Kier molecular flexibility index (Phi) is 6.96. The van der Waals surface area contributed by atoms with Crippen molar-refractivity contribution in [2.75, 3.05) is 19.7 Å². The molecule has 0 saturated carbocycles. The second kappa shape index (κ2) is 10.1. The summed E-state index contributed by atoms with van der Waals surface area (Å²) >= 11 is 0.